The van der Waals surface area contributed by atoms with E-state index in [1.807, 2.05) is 37.3 Å². The van der Waals surface area contributed by atoms with Gasteiger partial charge in [0.15, 0.2) is 0 Å². The lowest BCUT2D eigenvalue weighted by Crippen LogP contribution is -2.33. The van der Waals surface area contributed by atoms with E-state index in [1.54, 1.807) is 12.4 Å². The van der Waals surface area contributed by atoms with Crippen LogP contribution >= 0.6 is 0 Å². The molecule has 28 heavy (non-hydrogen) atoms. The quantitative estimate of drug-likeness (QED) is 0.729. The molecule has 1 fully saturated rings. The van der Waals surface area contributed by atoms with Crippen LogP contribution in [0, 0.1) is 0 Å². The number of nitrogens with one attached hydrogen (secondary N) is 1. The molecule has 0 radical (unpaired) electrons. The maximum atomic E-state index is 12.0. The Morgan fingerprint density at radius 2 is 2.07 bits per heavy atom. The molecule has 1 saturated heterocycles. The number of anilines is 1. The highest BCUT2D eigenvalue weighted by molar-refractivity contribution is 5.93. The van der Waals surface area contributed by atoms with E-state index < -0.39 is 0 Å². The molecule has 144 valence electrons. The molecule has 4 rings (SSSR count). The van der Waals surface area contributed by atoms with Crippen molar-refractivity contribution >= 4 is 11.6 Å². The van der Waals surface area contributed by atoms with Crippen LogP contribution in [0.3, 0.4) is 0 Å². The van der Waals surface area contributed by atoms with Gasteiger partial charge in [-0.15, -0.1) is 0 Å². The zero-order valence-electron chi connectivity index (χ0n) is 15.7. The molecule has 1 aliphatic rings. The minimum absolute atomic E-state index is 0.146. The summed E-state index contributed by atoms with van der Waals surface area (Å²) in [6.45, 7) is 4.18. The fourth-order valence-corrected chi connectivity index (χ4v) is 3.38. The van der Waals surface area contributed by atoms with Gasteiger partial charge in [0.1, 0.15) is 11.4 Å². The van der Waals surface area contributed by atoms with Gasteiger partial charge in [0.05, 0.1) is 0 Å². The van der Waals surface area contributed by atoms with Crippen LogP contribution in [0.1, 0.15) is 42.1 Å². The first-order valence-electron chi connectivity index (χ1n) is 9.49. The largest absolute Gasteiger partial charge is 0.371 e. The standard InChI is InChI=1S/C20H22N6O2/c1-2-21-19(27)17-13-15(6-10-23-17)26-11-7-14(8-12-26)20-24-18(25-28-20)16-5-3-4-9-22-16/h3-6,9-10,13-14H,2,7-8,11-12H2,1H3,(H,21,27). The predicted octanol–water partition coefficient (Wildman–Crippen LogP) is 2.66. The number of pyridine rings is 2. The van der Waals surface area contributed by atoms with E-state index in [1.165, 1.54) is 0 Å². The lowest BCUT2D eigenvalue weighted by Gasteiger charge is -2.32. The monoisotopic (exact) mass is 378 g/mol. The summed E-state index contributed by atoms with van der Waals surface area (Å²) in [5, 5.41) is 6.86. The highest BCUT2D eigenvalue weighted by Gasteiger charge is 2.26. The fourth-order valence-electron chi connectivity index (χ4n) is 3.38. The summed E-state index contributed by atoms with van der Waals surface area (Å²) in [4.78, 5) is 27.2. The highest BCUT2D eigenvalue weighted by Crippen LogP contribution is 2.30. The summed E-state index contributed by atoms with van der Waals surface area (Å²) < 4.78 is 5.49. The normalized spacial score (nSPS) is 14.8. The number of aromatic nitrogens is 4. The van der Waals surface area contributed by atoms with Crippen molar-refractivity contribution in [3.63, 3.8) is 0 Å². The zero-order chi connectivity index (χ0) is 19.3. The van der Waals surface area contributed by atoms with Crippen LogP contribution in [0.2, 0.25) is 0 Å². The molecule has 3 aromatic heterocycles. The highest BCUT2D eigenvalue weighted by atomic mass is 16.5. The molecule has 0 aromatic carbocycles. The van der Waals surface area contributed by atoms with Crippen molar-refractivity contribution in [1.82, 2.24) is 25.4 Å². The first-order valence-corrected chi connectivity index (χ1v) is 9.49. The smallest absolute Gasteiger partial charge is 0.269 e. The van der Waals surface area contributed by atoms with E-state index >= 15 is 0 Å². The van der Waals surface area contributed by atoms with Gasteiger partial charge in [0.25, 0.3) is 5.91 Å². The van der Waals surface area contributed by atoms with Crippen molar-refractivity contribution in [1.29, 1.82) is 0 Å². The molecular weight excluding hydrogens is 356 g/mol. The Labute approximate surface area is 163 Å². The molecule has 0 spiro atoms. The second-order valence-corrected chi connectivity index (χ2v) is 6.69. The number of carbonyl (C=O) groups excluding carboxylic acids is 1. The Balaban J connectivity index is 1.41. The number of hydrogen-bond donors (Lipinski definition) is 1. The topological polar surface area (TPSA) is 97.0 Å². The first-order chi connectivity index (χ1) is 13.7. The molecule has 0 aliphatic carbocycles. The van der Waals surface area contributed by atoms with Crippen molar-refractivity contribution in [2.24, 2.45) is 0 Å². The van der Waals surface area contributed by atoms with Crippen LogP contribution < -0.4 is 10.2 Å². The number of rotatable bonds is 5. The molecule has 8 nitrogen and oxygen atoms in total. The molecule has 1 aliphatic heterocycles. The van der Waals surface area contributed by atoms with E-state index in [4.69, 9.17) is 4.52 Å². The van der Waals surface area contributed by atoms with E-state index in [-0.39, 0.29) is 11.8 Å². The lowest BCUT2D eigenvalue weighted by molar-refractivity contribution is 0.0951. The summed E-state index contributed by atoms with van der Waals surface area (Å²) in [7, 11) is 0. The van der Waals surface area contributed by atoms with E-state index in [0.717, 1.165) is 31.6 Å². The van der Waals surface area contributed by atoms with Gasteiger partial charge in [-0.05, 0) is 44.0 Å². The second kappa shape index (κ2) is 8.16. The maximum Gasteiger partial charge on any atom is 0.269 e. The third-order valence-electron chi connectivity index (χ3n) is 4.86. The lowest BCUT2D eigenvalue weighted by atomic mass is 9.96. The molecule has 0 atom stereocenters. The van der Waals surface area contributed by atoms with Crippen molar-refractivity contribution in [3.05, 3.63) is 54.3 Å². The Morgan fingerprint density at radius 1 is 1.21 bits per heavy atom. The van der Waals surface area contributed by atoms with Crippen molar-refractivity contribution in [2.45, 2.75) is 25.7 Å². The van der Waals surface area contributed by atoms with Crippen molar-refractivity contribution in [3.8, 4) is 11.5 Å². The molecule has 0 unspecified atom stereocenters. The van der Waals surface area contributed by atoms with Crippen LogP contribution in [0.15, 0.2) is 47.2 Å². The number of hydrogen-bond acceptors (Lipinski definition) is 7. The summed E-state index contributed by atoms with van der Waals surface area (Å²) >= 11 is 0. The van der Waals surface area contributed by atoms with Crippen molar-refractivity contribution in [2.75, 3.05) is 24.5 Å². The summed E-state index contributed by atoms with van der Waals surface area (Å²) in [6.07, 6.45) is 5.21. The van der Waals surface area contributed by atoms with Gasteiger partial charge in [-0.1, -0.05) is 11.2 Å². The fraction of sp³-hybridized carbons (Fsp3) is 0.350. The minimum Gasteiger partial charge on any atom is -0.371 e. The minimum atomic E-state index is -0.146. The second-order valence-electron chi connectivity index (χ2n) is 6.69. The molecule has 4 heterocycles. The maximum absolute atomic E-state index is 12.0. The van der Waals surface area contributed by atoms with E-state index in [2.05, 4.69) is 30.3 Å². The van der Waals surface area contributed by atoms with Crippen LogP contribution in [-0.4, -0.2) is 45.7 Å². The molecule has 1 N–H and O–H groups in total. The molecule has 0 saturated carbocycles. The Kier molecular flexibility index (Phi) is 5.27. The number of amides is 1. The Morgan fingerprint density at radius 3 is 2.82 bits per heavy atom. The van der Waals surface area contributed by atoms with Gasteiger partial charge in [-0.3, -0.25) is 14.8 Å². The SMILES string of the molecule is CCNC(=O)c1cc(N2CCC(c3nc(-c4ccccn4)no3)CC2)ccn1. The summed E-state index contributed by atoms with van der Waals surface area (Å²) in [6, 6.07) is 9.41. The van der Waals surface area contributed by atoms with Gasteiger partial charge in [0, 0.05) is 43.6 Å². The number of nitrogens with zero attached hydrogens (tertiary/aromatic N) is 5. The van der Waals surface area contributed by atoms with Crippen LogP contribution in [0.25, 0.3) is 11.5 Å². The van der Waals surface area contributed by atoms with E-state index in [0.29, 0.717) is 29.6 Å². The van der Waals surface area contributed by atoms with Crippen LogP contribution in [0.4, 0.5) is 5.69 Å². The first kappa shape index (κ1) is 18.1. The summed E-state index contributed by atoms with van der Waals surface area (Å²) in [5.41, 5.74) is 2.16. The van der Waals surface area contributed by atoms with Crippen molar-refractivity contribution < 1.29 is 9.32 Å². The molecule has 0 bridgehead atoms. The van der Waals surface area contributed by atoms with Gasteiger partial charge in [-0.2, -0.15) is 4.98 Å². The predicted molar refractivity (Wildman–Crippen MR) is 104 cm³/mol. The Bertz CT molecular complexity index is 935. The number of piperidine rings is 1. The third kappa shape index (κ3) is 3.85. The van der Waals surface area contributed by atoms with Crippen LogP contribution in [-0.2, 0) is 0 Å². The van der Waals surface area contributed by atoms with E-state index in [9.17, 15) is 4.79 Å². The summed E-state index contributed by atoms with van der Waals surface area (Å²) in [5.74, 6) is 1.27. The van der Waals surface area contributed by atoms with Crippen LogP contribution in [0.5, 0.6) is 0 Å². The van der Waals surface area contributed by atoms with Gasteiger partial charge >= 0.3 is 0 Å². The number of carbonyl (C=O) groups is 1. The Hall–Kier alpha value is -3.29. The molecule has 3 aromatic rings. The van der Waals surface area contributed by atoms with Gasteiger partial charge < -0.3 is 14.7 Å². The van der Waals surface area contributed by atoms with Gasteiger partial charge in [0.2, 0.25) is 11.7 Å². The molecule has 1 amide bonds. The zero-order valence-corrected chi connectivity index (χ0v) is 15.7. The molecule has 8 heteroatoms. The average molecular weight is 378 g/mol. The molecular formula is C20H22N6O2. The average Bonchev–Trinajstić information content (AvgIpc) is 3.25. The third-order valence-corrected chi connectivity index (χ3v) is 4.86. The van der Waals surface area contributed by atoms with Gasteiger partial charge in [-0.25, -0.2) is 0 Å².